The van der Waals surface area contributed by atoms with E-state index in [0.717, 1.165) is 0 Å². The number of ether oxygens (including phenoxy) is 2. The summed E-state index contributed by atoms with van der Waals surface area (Å²) in [5, 5.41) is 20.5. The molecule has 2 aromatic carbocycles. The number of hydrogen-bond acceptors (Lipinski definition) is 5. The predicted molar refractivity (Wildman–Crippen MR) is 83.8 cm³/mol. The van der Waals surface area contributed by atoms with Crippen LogP contribution >= 0.6 is 0 Å². The molecule has 0 amide bonds. The van der Waals surface area contributed by atoms with Crippen molar-refractivity contribution in [2.45, 2.75) is 6.92 Å². The van der Waals surface area contributed by atoms with E-state index in [0.29, 0.717) is 10.8 Å². The van der Waals surface area contributed by atoms with E-state index in [2.05, 4.69) is 6.58 Å². The molecule has 6 nitrogen and oxygen atoms in total. The van der Waals surface area contributed by atoms with Crippen molar-refractivity contribution in [3.8, 4) is 11.5 Å². The number of esters is 1. The number of carbonyl (C=O) groups excluding carboxylic acids is 1. The first-order valence-corrected chi connectivity index (χ1v) is 6.85. The zero-order chi connectivity index (χ0) is 17.0. The van der Waals surface area contributed by atoms with Gasteiger partial charge < -0.3 is 19.7 Å². The zero-order valence-electron chi connectivity index (χ0n) is 12.5. The maximum Gasteiger partial charge on any atom is 0.340 e. The van der Waals surface area contributed by atoms with E-state index in [4.69, 9.17) is 9.47 Å². The molecule has 0 fully saturated rings. The lowest BCUT2D eigenvalue weighted by atomic mass is 10.0. The standard InChI is InChI=1S/C17H16O6/c1-10(2)17(21)23-8-7-22-13-9-11-5-3-4-6-12(11)14(15(13)18)16(19)20/h3-6,9,18H,1,7-8H2,2H3,(H,19,20). The van der Waals surface area contributed by atoms with E-state index in [9.17, 15) is 19.8 Å². The Morgan fingerprint density at radius 3 is 2.57 bits per heavy atom. The number of phenols is 1. The molecule has 2 aromatic rings. The largest absolute Gasteiger partial charge is 0.504 e. The Kier molecular flexibility index (Phi) is 4.85. The summed E-state index contributed by atoms with van der Waals surface area (Å²) in [6.07, 6.45) is 0. The van der Waals surface area contributed by atoms with Gasteiger partial charge in [-0.2, -0.15) is 0 Å². The Hall–Kier alpha value is -3.02. The quantitative estimate of drug-likeness (QED) is 0.483. The highest BCUT2D eigenvalue weighted by Crippen LogP contribution is 2.36. The molecule has 0 unspecified atom stereocenters. The summed E-state index contributed by atoms with van der Waals surface area (Å²) in [5.74, 6) is -2.23. The molecular weight excluding hydrogens is 300 g/mol. The first-order valence-electron chi connectivity index (χ1n) is 6.85. The fraction of sp³-hybridized carbons (Fsp3) is 0.176. The molecule has 0 spiro atoms. The summed E-state index contributed by atoms with van der Waals surface area (Å²) in [6.45, 7) is 4.91. The Morgan fingerprint density at radius 2 is 1.91 bits per heavy atom. The van der Waals surface area contributed by atoms with Gasteiger partial charge in [0.1, 0.15) is 18.8 Å². The number of carboxylic acids is 1. The van der Waals surface area contributed by atoms with Crippen molar-refractivity contribution in [3.63, 3.8) is 0 Å². The molecule has 0 aliphatic heterocycles. The minimum atomic E-state index is -1.25. The summed E-state index contributed by atoms with van der Waals surface area (Å²) in [6, 6.07) is 8.30. The van der Waals surface area contributed by atoms with Gasteiger partial charge in [-0.3, -0.25) is 0 Å². The van der Waals surface area contributed by atoms with Gasteiger partial charge in [0.2, 0.25) is 0 Å². The predicted octanol–water partition coefficient (Wildman–Crippen LogP) is 2.74. The summed E-state index contributed by atoms with van der Waals surface area (Å²) in [7, 11) is 0. The number of carbonyl (C=O) groups is 2. The van der Waals surface area contributed by atoms with E-state index in [1.165, 1.54) is 13.0 Å². The minimum Gasteiger partial charge on any atom is -0.504 e. The molecule has 0 aliphatic carbocycles. The van der Waals surface area contributed by atoms with Crippen LogP contribution in [0.1, 0.15) is 17.3 Å². The van der Waals surface area contributed by atoms with Gasteiger partial charge in [-0.1, -0.05) is 30.8 Å². The molecule has 0 saturated carbocycles. The number of aromatic carboxylic acids is 1. The molecule has 0 aromatic heterocycles. The third-order valence-corrected chi connectivity index (χ3v) is 3.12. The highest BCUT2D eigenvalue weighted by Gasteiger charge is 2.19. The summed E-state index contributed by atoms with van der Waals surface area (Å²) < 4.78 is 10.2. The van der Waals surface area contributed by atoms with Crippen molar-refractivity contribution >= 4 is 22.7 Å². The Morgan fingerprint density at radius 1 is 1.22 bits per heavy atom. The van der Waals surface area contributed by atoms with Crippen LogP contribution < -0.4 is 4.74 Å². The number of fused-ring (bicyclic) bond motifs is 1. The van der Waals surface area contributed by atoms with Crippen molar-refractivity contribution in [3.05, 3.63) is 48.0 Å². The molecule has 0 saturated heterocycles. The summed E-state index contributed by atoms with van der Waals surface area (Å²) in [4.78, 5) is 22.6. The van der Waals surface area contributed by atoms with Crippen LogP contribution in [-0.2, 0) is 9.53 Å². The van der Waals surface area contributed by atoms with Gasteiger partial charge in [0.25, 0.3) is 0 Å². The molecule has 0 radical (unpaired) electrons. The Labute approximate surface area is 132 Å². The van der Waals surface area contributed by atoms with Crippen LogP contribution in [0.4, 0.5) is 0 Å². The summed E-state index contributed by atoms with van der Waals surface area (Å²) in [5.41, 5.74) is 0.0451. The Bertz CT molecular complexity index is 778. The van der Waals surface area contributed by atoms with Crippen molar-refractivity contribution in [1.29, 1.82) is 0 Å². The normalized spacial score (nSPS) is 10.3. The second kappa shape index (κ2) is 6.83. The molecule has 6 heteroatoms. The second-order valence-corrected chi connectivity index (χ2v) is 4.89. The van der Waals surface area contributed by atoms with E-state index in [1.807, 2.05) is 0 Å². The van der Waals surface area contributed by atoms with Gasteiger partial charge in [-0.15, -0.1) is 0 Å². The number of carboxylic acid groups (broad SMARTS) is 1. The minimum absolute atomic E-state index is 0.0208. The SMILES string of the molecule is C=C(C)C(=O)OCCOc1cc2ccccc2c(C(=O)O)c1O. The third-order valence-electron chi connectivity index (χ3n) is 3.12. The molecule has 0 atom stereocenters. The van der Waals surface area contributed by atoms with E-state index >= 15 is 0 Å². The maximum atomic E-state index is 11.4. The van der Waals surface area contributed by atoms with E-state index < -0.39 is 17.7 Å². The lowest BCUT2D eigenvalue weighted by molar-refractivity contribution is -0.139. The zero-order valence-corrected chi connectivity index (χ0v) is 12.5. The van der Waals surface area contributed by atoms with Gasteiger partial charge in [-0.05, 0) is 18.4 Å². The Balaban J connectivity index is 2.21. The first kappa shape index (κ1) is 16.4. The van der Waals surface area contributed by atoms with Crippen LogP contribution in [0.3, 0.4) is 0 Å². The molecule has 0 heterocycles. The number of aromatic hydroxyl groups is 1. The van der Waals surface area contributed by atoms with Crippen LogP contribution in [0.25, 0.3) is 10.8 Å². The van der Waals surface area contributed by atoms with Crippen LogP contribution in [0, 0.1) is 0 Å². The van der Waals surface area contributed by atoms with Crippen molar-refractivity contribution in [1.82, 2.24) is 0 Å². The molecule has 0 aliphatic rings. The van der Waals surface area contributed by atoms with Crippen molar-refractivity contribution in [2.24, 2.45) is 0 Å². The van der Waals surface area contributed by atoms with Gasteiger partial charge in [0.05, 0.1) is 0 Å². The highest BCUT2D eigenvalue weighted by molar-refractivity contribution is 6.07. The number of rotatable bonds is 6. The molecule has 2 rings (SSSR count). The molecular formula is C17H16O6. The topological polar surface area (TPSA) is 93.1 Å². The average molecular weight is 316 g/mol. The molecule has 23 heavy (non-hydrogen) atoms. The van der Waals surface area contributed by atoms with Crippen LogP contribution in [0.15, 0.2) is 42.5 Å². The molecule has 2 N–H and O–H groups in total. The lowest BCUT2D eigenvalue weighted by Crippen LogP contribution is -2.12. The molecule has 120 valence electrons. The van der Waals surface area contributed by atoms with E-state index in [-0.39, 0.29) is 30.1 Å². The van der Waals surface area contributed by atoms with Crippen molar-refractivity contribution in [2.75, 3.05) is 13.2 Å². The van der Waals surface area contributed by atoms with Crippen molar-refractivity contribution < 1.29 is 29.3 Å². The van der Waals surface area contributed by atoms with Gasteiger partial charge in [0.15, 0.2) is 11.5 Å². The molecule has 0 bridgehead atoms. The smallest absolute Gasteiger partial charge is 0.340 e. The number of benzene rings is 2. The average Bonchev–Trinajstić information content (AvgIpc) is 2.51. The highest BCUT2D eigenvalue weighted by atomic mass is 16.6. The fourth-order valence-corrected chi connectivity index (χ4v) is 2.05. The van der Waals surface area contributed by atoms with Gasteiger partial charge in [-0.25, -0.2) is 9.59 Å². The van der Waals surface area contributed by atoms with Crippen LogP contribution in [0.5, 0.6) is 11.5 Å². The third kappa shape index (κ3) is 3.60. The van der Waals surface area contributed by atoms with E-state index in [1.54, 1.807) is 24.3 Å². The maximum absolute atomic E-state index is 11.4. The monoisotopic (exact) mass is 316 g/mol. The first-order chi connectivity index (χ1) is 10.9. The van der Waals surface area contributed by atoms with Gasteiger partial charge >= 0.3 is 11.9 Å². The second-order valence-electron chi connectivity index (χ2n) is 4.89. The lowest BCUT2D eigenvalue weighted by Gasteiger charge is -2.12. The van der Waals surface area contributed by atoms with Crippen LogP contribution in [0.2, 0.25) is 0 Å². The van der Waals surface area contributed by atoms with Crippen LogP contribution in [-0.4, -0.2) is 35.4 Å². The summed E-state index contributed by atoms with van der Waals surface area (Å²) >= 11 is 0. The van der Waals surface area contributed by atoms with Gasteiger partial charge in [0, 0.05) is 11.0 Å². The number of hydrogen-bond donors (Lipinski definition) is 2. The fourth-order valence-electron chi connectivity index (χ4n) is 2.05.